The Hall–Kier alpha value is -4.89. The highest BCUT2D eigenvalue weighted by Gasteiger charge is 2.55. The molecule has 12 heteroatoms. The van der Waals surface area contributed by atoms with Gasteiger partial charge in [0.15, 0.2) is 9.84 Å². The number of carbonyl (C=O) groups is 1. The molecule has 1 aromatic carbocycles. The lowest BCUT2D eigenvalue weighted by molar-refractivity contribution is -0.125. The summed E-state index contributed by atoms with van der Waals surface area (Å²) in [5, 5.41) is 0.474. The summed E-state index contributed by atoms with van der Waals surface area (Å²) in [5.41, 5.74) is 9.18. The van der Waals surface area contributed by atoms with Crippen molar-refractivity contribution in [3.8, 4) is 40.3 Å². The topological polar surface area (TPSA) is 143 Å². The molecule has 1 amide bonds. The molecule has 4 heterocycles. The van der Waals surface area contributed by atoms with Crippen LogP contribution in [0.4, 0.5) is 5.82 Å². The molecule has 2 N–H and O–H groups in total. The zero-order valence-electron chi connectivity index (χ0n) is 23.9. The number of nitrogen functional groups attached to an aromatic ring is 1. The first-order valence-electron chi connectivity index (χ1n) is 13.6. The van der Waals surface area contributed by atoms with Crippen LogP contribution in [0.15, 0.2) is 55.4 Å². The molecule has 220 valence electrons. The van der Waals surface area contributed by atoms with Gasteiger partial charge in [0, 0.05) is 54.2 Å². The molecule has 3 aromatic heterocycles. The average molecular weight is 599 g/mol. The lowest BCUT2D eigenvalue weighted by Crippen LogP contribution is -2.29. The largest absolute Gasteiger partial charge is 0.496 e. The van der Waals surface area contributed by atoms with Crippen LogP contribution in [-0.4, -0.2) is 65.2 Å². The second kappa shape index (κ2) is 10.7. The Bertz CT molecular complexity index is 1950. The molecule has 43 heavy (non-hydrogen) atoms. The summed E-state index contributed by atoms with van der Waals surface area (Å²) in [7, 11) is -1.97. The van der Waals surface area contributed by atoms with Crippen LogP contribution in [0.5, 0.6) is 17.4 Å². The molecule has 11 nitrogen and oxygen atoms in total. The first-order valence-corrected chi connectivity index (χ1v) is 15.7. The van der Waals surface area contributed by atoms with Crippen molar-refractivity contribution in [1.29, 1.82) is 0 Å². The number of rotatable bonds is 7. The number of pyridine rings is 1. The molecule has 1 aliphatic heterocycles. The van der Waals surface area contributed by atoms with Crippen LogP contribution < -0.4 is 15.2 Å². The van der Waals surface area contributed by atoms with Crippen LogP contribution in [-0.2, 0) is 20.5 Å². The van der Waals surface area contributed by atoms with Gasteiger partial charge in [0.25, 0.3) is 0 Å². The third-order valence-corrected chi connectivity index (χ3v) is 8.52. The predicted molar refractivity (Wildman–Crippen MR) is 162 cm³/mol. The number of fused-ring (bicyclic) bond motifs is 2. The van der Waals surface area contributed by atoms with Crippen molar-refractivity contribution in [2.24, 2.45) is 17.8 Å². The Morgan fingerprint density at radius 3 is 2.65 bits per heavy atom. The van der Waals surface area contributed by atoms with E-state index in [4.69, 9.17) is 15.2 Å². The Kier molecular flexibility index (Phi) is 7.06. The number of amides is 1. The maximum absolute atomic E-state index is 12.6. The fourth-order valence-electron chi connectivity index (χ4n) is 5.78. The molecule has 2 fully saturated rings. The van der Waals surface area contributed by atoms with Crippen molar-refractivity contribution in [2.75, 3.05) is 32.2 Å². The van der Waals surface area contributed by atoms with E-state index in [-0.39, 0.29) is 35.4 Å². The minimum Gasteiger partial charge on any atom is -0.496 e. The van der Waals surface area contributed by atoms with E-state index < -0.39 is 9.84 Å². The summed E-state index contributed by atoms with van der Waals surface area (Å²) in [6, 6.07) is 10.8. The van der Waals surface area contributed by atoms with Crippen LogP contribution in [0, 0.1) is 36.5 Å². The van der Waals surface area contributed by atoms with Crippen molar-refractivity contribution < 1.29 is 22.7 Å². The van der Waals surface area contributed by atoms with E-state index in [9.17, 15) is 13.2 Å². The lowest BCUT2D eigenvalue weighted by Gasteiger charge is -2.16. The smallest absolute Gasteiger partial charge is 0.245 e. The number of sulfone groups is 1. The number of nitrogens with two attached hydrogens (primary N) is 1. The highest BCUT2D eigenvalue weighted by atomic mass is 32.2. The lowest BCUT2D eigenvalue weighted by atomic mass is 10.0. The number of nitrogens with zero attached hydrogens (tertiary/aromatic N) is 5. The molecule has 1 saturated heterocycles. The Labute approximate surface area is 249 Å². The fourth-order valence-corrected chi connectivity index (χ4v) is 6.50. The highest BCUT2D eigenvalue weighted by molar-refractivity contribution is 7.89. The van der Waals surface area contributed by atoms with Crippen LogP contribution in [0.3, 0.4) is 0 Å². The zero-order valence-corrected chi connectivity index (χ0v) is 24.8. The number of aryl methyl sites for hydroxylation is 1. The number of piperidine rings is 1. The number of aromatic nitrogens is 4. The Morgan fingerprint density at radius 2 is 1.98 bits per heavy atom. The minimum atomic E-state index is -3.51. The van der Waals surface area contributed by atoms with Gasteiger partial charge in [-0.2, -0.15) is 0 Å². The Morgan fingerprint density at radius 1 is 1.21 bits per heavy atom. The standard InChI is InChI=1S/C31H30N6O5S/c1-5-27(38)36-14-22-20(23(22)15-36)11-12-24-28(29-30(32)33-16-34-31(29)37(24)17-43(4,39)40)21-10-9-19(13-25(21)41-3)42-26-8-6-7-18(2)35-26/h5-10,13,16,20,22-23H,1,14-15,17H2,2-4H3,(H2,32,33,34)/t20-,22-,23+. The SMILES string of the molecule is C=CC(=O)N1C[C@@H]2[C@@H](C#Cc3c(-c4ccc(Oc5cccc(C)n5)cc4OC)c4c(N)ncnc4n3CS(C)(=O)=O)[C@@H]2C1. The van der Waals surface area contributed by atoms with Crippen LogP contribution in [0.1, 0.15) is 11.4 Å². The molecule has 1 saturated carbocycles. The van der Waals surface area contributed by atoms with Gasteiger partial charge < -0.3 is 24.7 Å². The van der Waals surface area contributed by atoms with E-state index in [1.807, 2.05) is 25.1 Å². The number of methoxy groups -OCH3 is 1. The number of ether oxygens (including phenoxy) is 2. The first-order chi connectivity index (χ1) is 20.6. The number of likely N-dealkylation sites (tertiary alicyclic amines) is 1. The normalized spacial score (nSPS) is 19.0. The monoisotopic (exact) mass is 598 g/mol. The molecule has 2 aliphatic rings. The number of hydrogen-bond acceptors (Lipinski definition) is 9. The molecular formula is C31H30N6O5S. The van der Waals surface area contributed by atoms with E-state index in [1.54, 1.807) is 27.7 Å². The first kappa shape index (κ1) is 28.2. The molecule has 0 radical (unpaired) electrons. The number of hydrogen-bond donors (Lipinski definition) is 1. The minimum absolute atomic E-state index is 0.0781. The molecule has 0 bridgehead atoms. The van der Waals surface area contributed by atoms with Gasteiger partial charge in [-0.1, -0.05) is 18.6 Å². The van der Waals surface area contributed by atoms with E-state index in [1.165, 1.54) is 19.5 Å². The van der Waals surface area contributed by atoms with Crippen LogP contribution >= 0.6 is 0 Å². The van der Waals surface area contributed by atoms with Crippen molar-refractivity contribution in [1.82, 2.24) is 24.4 Å². The summed E-state index contributed by atoms with van der Waals surface area (Å²) < 4.78 is 38.5. The van der Waals surface area contributed by atoms with Crippen LogP contribution in [0.25, 0.3) is 22.2 Å². The van der Waals surface area contributed by atoms with Gasteiger partial charge in [-0.3, -0.25) is 4.79 Å². The summed E-state index contributed by atoms with van der Waals surface area (Å²) >= 11 is 0. The molecule has 6 rings (SSSR count). The summed E-state index contributed by atoms with van der Waals surface area (Å²) in [6.07, 6.45) is 3.79. The van der Waals surface area contributed by atoms with Gasteiger partial charge in [0.1, 0.15) is 40.9 Å². The van der Waals surface area contributed by atoms with Crippen molar-refractivity contribution in [3.63, 3.8) is 0 Å². The predicted octanol–water partition coefficient (Wildman–Crippen LogP) is 3.43. The molecule has 3 atom stereocenters. The van der Waals surface area contributed by atoms with Gasteiger partial charge in [0.2, 0.25) is 11.8 Å². The van der Waals surface area contributed by atoms with Crippen molar-refractivity contribution >= 4 is 32.6 Å². The average Bonchev–Trinajstić information content (AvgIpc) is 3.27. The second-order valence-corrected chi connectivity index (χ2v) is 12.9. The zero-order chi connectivity index (χ0) is 30.5. The maximum atomic E-state index is 12.6. The molecule has 4 aromatic rings. The Balaban J connectivity index is 1.47. The third kappa shape index (κ3) is 5.39. The van der Waals surface area contributed by atoms with Gasteiger partial charge >= 0.3 is 0 Å². The second-order valence-electron chi connectivity index (χ2n) is 10.8. The van der Waals surface area contributed by atoms with Crippen molar-refractivity contribution in [2.45, 2.75) is 12.8 Å². The summed E-state index contributed by atoms with van der Waals surface area (Å²) in [4.78, 5) is 26.8. The molecule has 1 aliphatic carbocycles. The number of anilines is 1. The van der Waals surface area contributed by atoms with Gasteiger partial charge in [-0.15, -0.1) is 0 Å². The van der Waals surface area contributed by atoms with Gasteiger partial charge in [-0.25, -0.2) is 23.4 Å². The molecule has 0 spiro atoms. The van der Waals surface area contributed by atoms with Gasteiger partial charge in [-0.05, 0) is 49.0 Å². The van der Waals surface area contributed by atoms with E-state index >= 15 is 0 Å². The number of carbonyl (C=O) groups excluding carboxylic acids is 1. The van der Waals surface area contributed by atoms with E-state index in [0.717, 1.165) is 11.9 Å². The van der Waals surface area contributed by atoms with E-state index in [2.05, 4.69) is 33.4 Å². The molecule has 0 unspecified atom stereocenters. The third-order valence-electron chi connectivity index (χ3n) is 7.80. The maximum Gasteiger partial charge on any atom is 0.245 e. The number of benzene rings is 1. The summed E-state index contributed by atoms with van der Waals surface area (Å²) in [5.74, 6) is 8.39. The van der Waals surface area contributed by atoms with Crippen molar-refractivity contribution in [3.05, 3.63) is 66.8 Å². The fraction of sp³-hybridized carbons (Fsp3) is 0.290. The van der Waals surface area contributed by atoms with Crippen LogP contribution in [0.2, 0.25) is 0 Å². The quantitative estimate of drug-likeness (QED) is 0.250. The van der Waals surface area contributed by atoms with Gasteiger partial charge in [0.05, 0.1) is 12.5 Å². The summed E-state index contributed by atoms with van der Waals surface area (Å²) in [6.45, 7) is 6.70. The highest BCUT2D eigenvalue weighted by Crippen LogP contribution is 2.51. The van der Waals surface area contributed by atoms with E-state index in [0.29, 0.717) is 58.3 Å². The molecular weight excluding hydrogens is 568 g/mol.